The van der Waals surface area contributed by atoms with Crippen LogP contribution in [0.2, 0.25) is 5.02 Å². The Bertz CT molecular complexity index is 494. The third-order valence-electron chi connectivity index (χ3n) is 2.25. The Hall–Kier alpha value is -1.62. The lowest BCUT2D eigenvalue weighted by Crippen LogP contribution is -2.03. The van der Waals surface area contributed by atoms with Gasteiger partial charge in [-0.2, -0.15) is 4.80 Å². The second kappa shape index (κ2) is 4.49. The number of benzene rings is 1. The van der Waals surface area contributed by atoms with Gasteiger partial charge in [0.05, 0.1) is 13.6 Å². The summed E-state index contributed by atoms with van der Waals surface area (Å²) in [5, 5.41) is 15.7. The van der Waals surface area contributed by atoms with Gasteiger partial charge in [-0.15, -0.1) is 10.2 Å². The quantitative estimate of drug-likeness (QED) is 0.884. The molecule has 0 unspecified atom stereocenters. The summed E-state index contributed by atoms with van der Waals surface area (Å²) in [6.07, 6.45) is 0. The zero-order valence-electron chi connectivity index (χ0n) is 9.11. The summed E-state index contributed by atoms with van der Waals surface area (Å²) in [7, 11) is 1.74. The number of aryl methyl sites for hydroxylation is 1. The zero-order valence-corrected chi connectivity index (χ0v) is 9.86. The van der Waals surface area contributed by atoms with Gasteiger partial charge in [0.25, 0.3) is 0 Å². The molecular formula is C10H12ClN5. The van der Waals surface area contributed by atoms with Gasteiger partial charge in [0, 0.05) is 10.7 Å². The Morgan fingerprint density at radius 2 is 2.25 bits per heavy atom. The van der Waals surface area contributed by atoms with E-state index in [1.165, 1.54) is 4.80 Å². The fraction of sp³-hybridized carbons (Fsp3) is 0.300. The predicted octanol–water partition coefficient (Wildman–Crippen LogP) is 1.78. The zero-order chi connectivity index (χ0) is 11.5. The molecule has 0 amide bonds. The molecule has 1 aromatic heterocycles. The molecule has 0 radical (unpaired) electrons. The average molecular weight is 238 g/mol. The molecule has 1 heterocycles. The van der Waals surface area contributed by atoms with Gasteiger partial charge in [-0.1, -0.05) is 17.7 Å². The van der Waals surface area contributed by atoms with Crippen LogP contribution in [0.25, 0.3) is 0 Å². The molecule has 0 spiro atoms. The van der Waals surface area contributed by atoms with E-state index in [1.807, 2.05) is 25.1 Å². The third kappa shape index (κ3) is 2.30. The molecule has 5 nitrogen and oxygen atoms in total. The van der Waals surface area contributed by atoms with E-state index in [1.54, 1.807) is 7.05 Å². The Kier molecular flexibility index (Phi) is 3.05. The Labute approximate surface area is 98.4 Å². The summed E-state index contributed by atoms with van der Waals surface area (Å²) in [4.78, 5) is 1.43. The van der Waals surface area contributed by atoms with Crippen molar-refractivity contribution in [3.63, 3.8) is 0 Å². The van der Waals surface area contributed by atoms with Crippen LogP contribution in [0.4, 0.5) is 5.69 Å². The smallest absolute Gasteiger partial charge is 0.193 e. The van der Waals surface area contributed by atoms with Gasteiger partial charge >= 0.3 is 0 Å². The van der Waals surface area contributed by atoms with Crippen LogP contribution in [0.3, 0.4) is 0 Å². The van der Waals surface area contributed by atoms with Crippen molar-refractivity contribution in [2.75, 3.05) is 5.32 Å². The molecule has 0 atom stereocenters. The molecule has 84 valence electrons. The minimum atomic E-state index is 0.537. The molecule has 0 fully saturated rings. The minimum Gasteiger partial charge on any atom is -0.377 e. The summed E-state index contributed by atoms with van der Waals surface area (Å²) in [6.45, 7) is 2.50. The maximum absolute atomic E-state index is 6.01. The van der Waals surface area contributed by atoms with Crippen LogP contribution in [0.5, 0.6) is 0 Å². The Morgan fingerprint density at radius 3 is 2.94 bits per heavy atom. The molecule has 1 N–H and O–H groups in total. The first kappa shape index (κ1) is 10.9. The van der Waals surface area contributed by atoms with Crippen LogP contribution in [-0.2, 0) is 13.6 Å². The normalized spacial score (nSPS) is 10.4. The van der Waals surface area contributed by atoms with Crippen molar-refractivity contribution >= 4 is 17.3 Å². The SMILES string of the molecule is Cc1c(Cl)cccc1NCc1nnn(C)n1. The molecule has 0 saturated carbocycles. The van der Waals surface area contributed by atoms with Crippen LogP contribution < -0.4 is 5.32 Å². The second-order valence-electron chi connectivity index (χ2n) is 3.46. The molecule has 0 aliphatic rings. The summed E-state index contributed by atoms with van der Waals surface area (Å²) < 4.78 is 0. The molecule has 1 aromatic carbocycles. The van der Waals surface area contributed by atoms with Gasteiger partial charge in [0.15, 0.2) is 5.82 Å². The second-order valence-corrected chi connectivity index (χ2v) is 3.87. The lowest BCUT2D eigenvalue weighted by molar-refractivity contribution is 0.628. The molecule has 0 saturated heterocycles. The van der Waals surface area contributed by atoms with Gasteiger partial charge in [-0.25, -0.2) is 0 Å². The summed E-state index contributed by atoms with van der Waals surface area (Å²) >= 11 is 6.01. The Balaban J connectivity index is 2.07. The fourth-order valence-corrected chi connectivity index (χ4v) is 1.54. The molecule has 0 bridgehead atoms. The number of halogens is 1. The van der Waals surface area contributed by atoms with Crippen molar-refractivity contribution in [2.24, 2.45) is 7.05 Å². The summed E-state index contributed by atoms with van der Waals surface area (Å²) in [5.41, 5.74) is 2.01. The van der Waals surface area contributed by atoms with Crippen molar-refractivity contribution in [1.29, 1.82) is 0 Å². The predicted molar refractivity (Wildman–Crippen MR) is 62.3 cm³/mol. The highest BCUT2D eigenvalue weighted by Gasteiger charge is 2.03. The first-order valence-electron chi connectivity index (χ1n) is 4.88. The van der Waals surface area contributed by atoms with E-state index in [0.717, 1.165) is 16.3 Å². The van der Waals surface area contributed by atoms with Gasteiger partial charge in [-0.3, -0.25) is 0 Å². The van der Waals surface area contributed by atoms with Crippen LogP contribution in [0.1, 0.15) is 11.4 Å². The monoisotopic (exact) mass is 237 g/mol. The lowest BCUT2D eigenvalue weighted by atomic mass is 10.2. The van der Waals surface area contributed by atoms with Crippen molar-refractivity contribution in [3.8, 4) is 0 Å². The number of rotatable bonds is 3. The van der Waals surface area contributed by atoms with Gasteiger partial charge in [-0.05, 0) is 29.8 Å². The van der Waals surface area contributed by atoms with Crippen molar-refractivity contribution in [1.82, 2.24) is 20.2 Å². The van der Waals surface area contributed by atoms with Crippen molar-refractivity contribution in [3.05, 3.63) is 34.6 Å². The van der Waals surface area contributed by atoms with Gasteiger partial charge < -0.3 is 5.32 Å². The van der Waals surface area contributed by atoms with Gasteiger partial charge in [0.2, 0.25) is 0 Å². The standard InChI is InChI=1S/C10H12ClN5/c1-7-8(11)4-3-5-9(7)12-6-10-13-15-16(2)14-10/h3-5,12H,6H2,1-2H3. The van der Waals surface area contributed by atoms with E-state index in [9.17, 15) is 0 Å². The van der Waals surface area contributed by atoms with Crippen LogP contribution >= 0.6 is 11.6 Å². The van der Waals surface area contributed by atoms with E-state index in [0.29, 0.717) is 12.4 Å². The Morgan fingerprint density at radius 1 is 1.44 bits per heavy atom. The maximum Gasteiger partial charge on any atom is 0.193 e. The summed E-state index contributed by atoms with van der Waals surface area (Å²) in [6, 6.07) is 5.74. The van der Waals surface area contributed by atoms with Crippen LogP contribution in [-0.4, -0.2) is 20.2 Å². The van der Waals surface area contributed by atoms with E-state index >= 15 is 0 Å². The lowest BCUT2D eigenvalue weighted by Gasteiger charge is -2.08. The highest BCUT2D eigenvalue weighted by molar-refractivity contribution is 6.31. The third-order valence-corrected chi connectivity index (χ3v) is 2.66. The number of tetrazole rings is 1. The van der Waals surface area contributed by atoms with Crippen molar-refractivity contribution in [2.45, 2.75) is 13.5 Å². The number of nitrogens with zero attached hydrogens (tertiary/aromatic N) is 4. The molecule has 16 heavy (non-hydrogen) atoms. The number of aromatic nitrogens is 4. The van der Waals surface area contributed by atoms with E-state index in [2.05, 4.69) is 20.7 Å². The van der Waals surface area contributed by atoms with Crippen molar-refractivity contribution < 1.29 is 0 Å². The molecule has 2 rings (SSSR count). The highest BCUT2D eigenvalue weighted by atomic mass is 35.5. The van der Waals surface area contributed by atoms with Crippen LogP contribution in [0.15, 0.2) is 18.2 Å². The molecule has 6 heteroatoms. The number of anilines is 1. The van der Waals surface area contributed by atoms with E-state index < -0.39 is 0 Å². The van der Waals surface area contributed by atoms with E-state index in [4.69, 9.17) is 11.6 Å². The molecule has 0 aliphatic carbocycles. The van der Waals surface area contributed by atoms with Crippen LogP contribution in [0, 0.1) is 6.92 Å². The van der Waals surface area contributed by atoms with Gasteiger partial charge in [0.1, 0.15) is 0 Å². The fourth-order valence-electron chi connectivity index (χ4n) is 1.37. The minimum absolute atomic E-state index is 0.537. The summed E-state index contributed by atoms with van der Waals surface area (Å²) in [5.74, 6) is 0.655. The maximum atomic E-state index is 6.01. The number of nitrogens with one attached hydrogen (secondary N) is 1. The molecule has 2 aromatic rings. The topological polar surface area (TPSA) is 55.6 Å². The van der Waals surface area contributed by atoms with E-state index in [-0.39, 0.29) is 0 Å². The number of hydrogen-bond acceptors (Lipinski definition) is 4. The highest BCUT2D eigenvalue weighted by Crippen LogP contribution is 2.22. The average Bonchev–Trinajstić information content (AvgIpc) is 2.67. The largest absolute Gasteiger partial charge is 0.377 e. The molecular weight excluding hydrogens is 226 g/mol. The molecule has 0 aliphatic heterocycles. The first-order chi connectivity index (χ1) is 7.66. The first-order valence-corrected chi connectivity index (χ1v) is 5.26. The number of hydrogen-bond donors (Lipinski definition) is 1.